The molecule has 0 aliphatic carbocycles. The maximum Gasteiger partial charge on any atom is 0.410 e. The first kappa shape index (κ1) is 14.4. The highest BCUT2D eigenvalue weighted by molar-refractivity contribution is 5.67. The van der Waals surface area contributed by atoms with E-state index in [9.17, 15) is 4.79 Å². The predicted octanol–water partition coefficient (Wildman–Crippen LogP) is 2.88. The summed E-state index contributed by atoms with van der Waals surface area (Å²) in [5.74, 6) is 0. The quantitative estimate of drug-likeness (QED) is 0.857. The van der Waals surface area contributed by atoms with E-state index in [1.807, 2.05) is 35.2 Å². The zero-order valence-electron chi connectivity index (χ0n) is 12.5. The average Bonchev–Trinajstić information content (AvgIpc) is 3.08. The van der Waals surface area contributed by atoms with Gasteiger partial charge in [-0.25, -0.2) is 4.79 Å². The highest BCUT2D eigenvalue weighted by atomic mass is 16.6. The number of carbonyl (C=O) groups is 1. The van der Waals surface area contributed by atoms with Gasteiger partial charge in [-0.3, -0.25) is 0 Å². The van der Waals surface area contributed by atoms with Gasteiger partial charge in [-0.2, -0.15) is 0 Å². The van der Waals surface area contributed by atoms with E-state index in [2.05, 4.69) is 4.90 Å². The molecule has 1 aromatic rings. The van der Waals surface area contributed by atoms with E-state index < -0.39 is 0 Å². The van der Waals surface area contributed by atoms with E-state index in [0.29, 0.717) is 12.6 Å². The summed E-state index contributed by atoms with van der Waals surface area (Å²) < 4.78 is 5.40. The first-order valence-corrected chi connectivity index (χ1v) is 8.02. The van der Waals surface area contributed by atoms with Crippen molar-refractivity contribution in [2.24, 2.45) is 0 Å². The Morgan fingerprint density at radius 3 is 2.38 bits per heavy atom. The van der Waals surface area contributed by atoms with E-state index >= 15 is 0 Å². The Kier molecular flexibility index (Phi) is 4.76. The molecule has 1 amide bonds. The number of rotatable bonds is 3. The van der Waals surface area contributed by atoms with Crippen molar-refractivity contribution < 1.29 is 9.53 Å². The van der Waals surface area contributed by atoms with Gasteiger partial charge in [-0.05, 0) is 44.3 Å². The van der Waals surface area contributed by atoms with Crippen LogP contribution >= 0.6 is 0 Å². The molecule has 0 N–H and O–H groups in total. The molecule has 0 saturated carbocycles. The standard InChI is InChI=1S/C17H24N2O2/c20-17(21-14-15-6-2-1-3-7-15)19-12-8-16(9-13-19)18-10-4-5-11-18/h1-3,6-7,16H,4-5,8-14H2. The molecule has 2 aliphatic rings. The van der Waals surface area contributed by atoms with E-state index in [4.69, 9.17) is 4.74 Å². The van der Waals surface area contributed by atoms with E-state index in [1.165, 1.54) is 25.9 Å². The molecule has 0 aromatic heterocycles. The van der Waals surface area contributed by atoms with Crippen LogP contribution in [0.5, 0.6) is 0 Å². The Hall–Kier alpha value is -1.55. The normalized spacial score (nSPS) is 20.7. The van der Waals surface area contributed by atoms with Crippen LogP contribution in [-0.4, -0.2) is 48.1 Å². The van der Waals surface area contributed by atoms with Crippen molar-refractivity contribution in [1.29, 1.82) is 0 Å². The fourth-order valence-corrected chi connectivity index (χ4v) is 3.33. The maximum atomic E-state index is 12.1. The molecule has 21 heavy (non-hydrogen) atoms. The van der Waals surface area contributed by atoms with Crippen LogP contribution in [0.25, 0.3) is 0 Å². The van der Waals surface area contributed by atoms with E-state index in [1.54, 1.807) is 0 Å². The van der Waals surface area contributed by atoms with Gasteiger partial charge in [0.1, 0.15) is 6.61 Å². The van der Waals surface area contributed by atoms with E-state index in [-0.39, 0.29) is 6.09 Å². The number of nitrogens with zero attached hydrogens (tertiary/aromatic N) is 2. The number of piperidine rings is 1. The highest BCUT2D eigenvalue weighted by Crippen LogP contribution is 2.21. The molecule has 2 aliphatic heterocycles. The molecule has 0 unspecified atom stereocenters. The molecule has 0 radical (unpaired) electrons. The largest absolute Gasteiger partial charge is 0.445 e. The van der Waals surface area contributed by atoms with Gasteiger partial charge < -0.3 is 14.5 Å². The number of hydrogen-bond donors (Lipinski definition) is 0. The fraction of sp³-hybridized carbons (Fsp3) is 0.588. The topological polar surface area (TPSA) is 32.8 Å². The summed E-state index contributed by atoms with van der Waals surface area (Å²) in [6.45, 7) is 4.50. The van der Waals surface area contributed by atoms with Crippen molar-refractivity contribution in [2.45, 2.75) is 38.3 Å². The second-order valence-electron chi connectivity index (χ2n) is 6.00. The third kappa shape index (κ3) is 3.76. The second-order valence-corrected chi connectivity index (χ2v) is 6.00. The highest BCUT2D eigenvalue weighted by Gasteiger charge is 2.28. The number of amides is 1. The number of carbonyl (C=O) groups excluding carboxylic acids is 1. The summed E-state index contributed by atoms with van der Waals surface area (Å²) in [4.78, 5) is 16.5. The van der Waals surface area contributed by atoms with Crippen LogP contribution in [0.4, 0.5) is 4.79 Å². The smallest absolute Gasteiger partial charge is 0.410 e. The predicted molar refractivity (Wildman–Crippen MR) is 82.0 cm³/mol. The Labute approximate surface area is 126 Å². The molecule has 0 bridgehead atoms. The summed E-state index contributed by atoms with van der Waals surface area (Å²) in [6, 6.07) is 10.5. The first-order valence-electron chi connectivity index (χ1n) is 8.02. The monoisotopic (exact) mass is 288 g/mol. The molecule has 0 atom stereocenters. The van der Waals surface area contributed by atoms with Gasteiger partial charge in [0.2, 0.25) is 0 Å². The van der Waals surface area contributed by atoms with E-state index in [0.717, 1.165) is 31.5 Å². The lowest BCUT2D eigenvalue weighted by Gasteiger charge is -2.36. The van der Waals surface area contributed by atoms with Crippen molar-refractivity contribution in [3.05, 3.63) is 35.9 Å². The zero-order valence-corrected chi connectivity index (χ0v) is 12.5. The Morgan fingerprint density at radius 1 is 1.05 bits per heavy atom. The minimum absolute atomic E-state index is 0.168. The number of ether oxygens (including phenoxy) is 1. The lowest BCUT2D eigenvalue weighted by Crippen LogP contribution is -2.46. The second kappa shape index (κ2) is 6.94. The maximum absolute atomic E-state index is 12.1. The molecule has 1 aromatic carbocycles. The molecule has 4 heteroatoms. The van der Waals surface area contributed by atoms with Crippen LogP contribution in [0.3, 0.4) is 0 Å². The van der Waals surface area contributed by atoms with Crippen LogP contribution in [0.2, 0.25) is 0 Å². The van der Waals surface area contributed by atoms with Gasteiger partial charge in [0.15, 0.2) is 0 Å². The van der Waals surface area contributed by atoms with Gasteiger partial charge in [-0.1, -0.05) is 30.3 Å². The summed E-state index contributed by atoms with van der Waals surface area (Å²) >= 11 is 0. The lowest BCUT2D eigenvalue weighted by molar-refractivity contribution is 0.0727. The van der Waals surface area contributed by atoms with Gasteiger partial charge in [0.25, 0.3) is 0 Å². The first-order chi connectivity index (χ1) is 10.3. The van der Waals surface area contributed by atoms with Gasteiger partial charge in [0, 0.05) is 19.1 Å². The molecular formula is C17H24N2O2. The molecule has 2 fully saturated rings. The average molecular weight is 288 g/mol. The number of likely N-dealkylation sites (tertiary alicyclic amines) is 2. The number of benzene rings is 1. The zero-order chi connectivity index (χ0) is 14.5. The van der Waals surface area contributed by atoms with Gasteiger partial charge in [-0.15, -0.1) is 0 Å². The van der Waals surface area contributed by atoms with Crippen molar-refractivity contribution in [1.82, 2.24) is 9.80 Å². The third-order valence-electron chi connectivity index (χ3n) is 4.58. The van der Waals surface area contributed by atoms with Gasteiger partial charge in [0.05, 0.1) is 0 Å². The van der Waals surface area contributed by atoms with Crippen molar-refractivity contribution in [3.8, 4) is 0 Å². The third-order valence-corrected chi connectivity index (χ3v) is 4.58. The molecule has 4 nitrogen and oxygen atoms in total. The fourth-order valence-electron chi connectivity index (χ4n) is 3.33. The van der Waals surface area contributed by atoms with Crippen molar-refractivity contribution in [3.63, 3.8) is 0 Å². The summed E-state index contributed by atoms with van der Waals surface area (Å²) in [5, 5.41) is 0. The van der Waals surface area contributed by atoms with Crippen LogP contribution in [0, 0.1) is 0 Å². The lowest BCUT2D eigenvalue weighted by atomic mass is 10.0. The van der Waals surface area contributed by atoms with Gasteiger partial charge >= 0.3 is 6.09 Å². The Bertz CT molecular complexity index is 449. The number of hydrogen-bond acceptors (Lipinski definition) is 3. The molecular weight excluding hydrogens is 264 g/mol. The summed E-state index contributed by atoms with van der Waals surface area (Å²) in [5.41, 5.74) is 1.04. The van der Waals surface area contributed by atoms with Crippen LogP contribution in [0.15, 0.2) is 30.3 Å². The van der Waals surface area contributed by atoms with Crippen LogP contribution in [-0.2, 0) is 11.3 Å². The minimum atomic E-state index is -0.168. The van der Waals surface area contributed by atoms with Crippen molar-refractivity contribution >= 4 is 6.09 Å². The SMILES string of the molecule is O=C(OCc1ccccc1)N1CCC(N2CCCC2)CC1. The Morgan fingerprint density at radius 2 is 1.71 bits per heavy atom. The minimum Gasteiger partial charge on any atom is -0.445 e. The molecule has 114 valence electrons. The molecule has 3 rings (SSSR count). The Balaban J connectivity index is 1.42. The molecule has 2 heterocycles. The van der Waals surface area contributed by atoms with Crippen LogP contribution < -0.4 is 0 Å². The van der Waals surface area contributed by atoms with Crippen LogP contribution in [0.1, 0.15) is 31.2 Å². The van der Waals surface area contributed by atoms with Crippen molar-refractivity contribution in [2.75, 3.05) is 26.2 Å². The molecule has 0 spiro atoms. The molecule has 2 saturated heterocycles. The summed E-state index contributed by atoms with van der Waals surface area (Å²) in [7, 11) is 0. The summed E-state index contributed by atoms with van der Waals surface area (Å²) in [6.07, 6.45) is 4.67.